The summed E-state index contributed by atoms with van der Waals surface area (Å²) in [4.78, 5) is 12.7. The van der Waals surface area contributed by atoms with Crippen LogP contribution in [-0.2, 0) is 16.5 Å². The van der Waals surface area contributed by atoms with Crippen LogP contribution >= 0.6 is 0 Å². The predicted molar refractivity (Wildman–Crippen MR) is 43.4 cm³/mol. The van der Waals surface area contributed by atoms with E-state index in [-0.39, 0.29) is 18.0 Å². The molecule has 14 heavy (non-hydrogen) atoms. The Morgan fingerprint density at radius 3 is 2.86 bits per heavy atom. The van der Waals surface area contributed by atoms with Crippen molar-refractivity contribution in [3.8, 4) is 0 Å². The number of nitrogens with zero attached hydrogens (tertiary/aromatic N) is 4. The van der Waals surface area contributed by atoms with Crippen molar-refractivity contribution in [3.05, 3.63) is 5.82 Å². The first-order valence-electron chi connectivity index (χ1n) is 4.26. The molecule has 0 unspecified atom stereocenters. The third-order valence-corrected chi connectivity index (χ3v) is 1.80. The number of aromatic nitrogens is 4. The van der Waals surface area contributed by atoms with Gasteiger partial charge in [0.1, 0.15) is 0 Å². The molecule has 0 bridgehead atoms. The van der Waals surface area contributed by atoms with Crippen LogP contribution in [0.15, 0.2) is 0 Å². The van der Waals surface area contributed by atoms with Crippen molar-refractivity contribution in [2.24, 2.45) is 7.05 Å². The van der Waals surface area contributed by atoms with E-state index in [1.165, 1.54) is 4.80 Å². The fourth-order valence-corrected chi connectivity index (χ4v) is 1.16. The lowest BCUT2D eigenvalue weighted by Crippen LogP contribution is -2.15. The smallest absolute Gasteiger partial charge is 0.240 e. The lowest BCUT2D eigenvalue weighted by Gasteiger charge is -2.04. The molecular weight excluding hydrogens is 188 g/mol. The molecule has 0 amide bonds. The van der Waals surface area contributed by atoms with Crippen LogP contribution in [-0.4, -0.2) is 45.5 Å². The van der Waals surface area contributed by atoms with E-state index in [1.807, 2.05) is 0 Å². The quantitative estimate of drug-likeness (QED) is 0.589. The number of Topliss-reactive ketones (excluding diaryl/α,β-unsaturated/α-hetero) is 1. The third-order valence-electron chi connectivity index (χ3n) is 1.80. The van der Waals surface area contributed by atoms with Crippen molar-refractivity contribution in [3.63, 3.8) is 0 Å². The van der Waals surface area contributed by atoms with Crippen molar-refractivity contribution >= 4 is 5.78 Å². The fourth-order valence-electron chi connectivity index (χ4n) is 1.16. The van der Waals surface area contributed by atoms with Crippen molar-refractivity contribution in [1.29, 1.82) is 0 Å². The minimum Gasteiger partial charge on any atom is -0.350 e. The van der Waals surface area contributed by atoms with E-state index in [9.17, 15) is 4.79 Å². The van der Waals surface area contributed by atoms with Gasteiger partial charge in [-0.3, -0.25) is 4.79 Å². The number of hydrogen-bond acceptors (Lipinski definition) is 6. The van der Waals surface area contributed by atoms with Crippen LogP contribution in [0.5, 0.6) is 0 Å². The Morgan fingerprint density at radius 1 is 1.57 bits per heavy atom. The zero-order valence-electron chi connectivity index (χ0n) is 7.71. The molecule has 0 spiro atoms. The van der Waals surface area contributed by atoms with E-state index in [4.69, 9.17) is 9.47 Å². The van der Waals surface area contributed by atoms with Gasteiger partial charge in [-0.1, -0.05) is 0 Å². The standard InChI is InChI=1S/C7H10N4O3/c1-11-9-7(8-10-11)5(12)4-6-13-2-3-14-6/h6H,2-4H2,1H3. The highest BCUT2D eigenvalue weighted by Crippen LogP contribution is 2.09. The summed E-state index contributed by atoms with van der Waals surface area (Å²) in [5.74, 6) is -0.114. The van der Waals surface area contributed by atoms with E-state index in [0.29, 0.717) is 13.2 Å². The maximum absolute atomic E-state index is 11.5. The number of rotatable bonds is 3. The number of carbonyl (C=O) groups is 1. The third kappa shape index (κ3) is 1.94. The van der Waals surface area contributed by atoms with Gasteiger partial charge in [-0.25, -0.2) is 0 Å². The summed E-state index contributed by atoms with van der Waals surface area (Å²) in [6.45, 7) is 1.07. The number of hydrogen-bond donors (Lipinski definition) is 0. The summed E-state index contributed by atoms with van der Waals surface area (Å²) in [7, 11) is 1.60. The van der Waals surface area contributed by atoms with E-state index in [0.717, 1.165) is 0 Å². The Balaban J connectivity index is 1.95. The molecule has 2 rings (SSSR count). The first-order valence-corrected chi connectivity index (χ1v) is 4.26. The largest absolute Gasteiger partial charge is 0.350 e. The van der Waals surface area contributed by atoms with Gasteiger partial charge in [0.25, 0.3) is 0 Å². The van der Waals surface area contributed by atoms with Gasteiger partial charge in [0.15, 0.2) is 6.29 Å². The molecule has 1 aromatic rings. The van der Waals surface area contributed by atoms with Crippen LogP contribution in [0.1, 0.15) is 17.0 Å². The molecule has 1 aromatic heterocycles. The highest BCUT2D eigenvalue weighted by atomic mass is 16.7. The van der Waals surface area contributed by atoms with E-state index in [1.54, 1.807) is 7.05 Å². The summed E-state index contributed by atoms with van der Waals surface area (Å²) >= 11 is 0. The van der Waals surface area contributed by atoms with Crippen LogP contribution in [0.25, 0.3) is 0 Å². The Bertz CT molecular complexity index is 331. The van der Waals surface area contributed by atoms with Gasteiger partial charge in [-0.15, -0.1) is 10.2 Å². The van der Waals surface area contributed by atoms with Gasteiger partial charge in [0, 0.05) is 0 Å². The van der Waals surface area contributed by atoms with Crippen LogP contribution in [0.4, 0.5) is 0 Å². The lowest BCUT2D eigenvalue weighted by molar-refractivity contribution is -0.0409. The highest BCUT2D eigenvalue weighted by Gasteiger charge is 2.22. The monoisotopic (exact) mass is 198 g/mol. The molecule has 1 fully saturated rings. The van der Waals surface area contributed by atoms with Crippen LogP contribution < -0.4 is 0 Å². The zero-order chi connectivity index (χ0) is 9.97. The Labute approximate surface area is 80.0 Å². The minimum atomic E-state index is -0.452. The van der Waals surface area contributed by atoms with Crippen molar-refractivity contribution < 1.29 is 14.3 Å². The number of ketones is 1. The van der Waals surface area contributed by atoms with Gasteiger partial charge in [-0.05, 0) is 5.21 Å². The molecule has 0 saturated carbocycles. The molecule has 0 aliphatic carbocycles. The van der Waals surface area contributed by atoms with Gasteiger partial charge < -0.3 is 9.47 Å². The molecular formula is C7H10N4O3. The molecule has 0 radical (unpaired) electrons. The predicted octanol–water partition coefficient (Wildman–Crippen LogP) is -0.844. The number of tetrazole rings is 1. The maximum atomic E-state index is 11.5. The highest BCUT2D eigenvalue weighted by molar-refractivity contribution is 5.92. The summed E-state index contributed by atoms with van der Waals surface area (Å²) < 4.78 is 10.3. The minimum absolute atomic E-state index is 0.103. The summed E-state index contributed by atoms with van der Waals surface area (Å²) in [6, 6.07) is 0. The Morgan fingerprint density at radius 2 is 2.29 bits per heavy atom. The van der Waals surface area contributed by atoms with E-state index in [2.05, 4.69) is 15.4 Å². The van der Waals surface area contributed by atoms with Crippen LogP contribution in [0.3, 0.4) is 0 Å². The first-order chi connectivity index (χ1) is 6.75. The van der Waals surface area contributed by atoms with Gasteiger partial charge >= 0.3 is 0 Å². The van der Waals surface area contributed by atoms with Crippen molar-refractivity contribution in [2.45, 2.75) is 12.7 Å². The molecule has 1 saturated heterocycles. The molecule has 1 aliphatic rings. The molecule has 7 heteroatoms. The number of carbonyl (C=O) groups excluding carboxylic acids is 1. The Hall–Kier alpha value is -1.34. The molecule has 76 valence electrons. The molecule has 2 heterocycles. The number of ether oxygens (including phenoxy) is 2. The van der Waals surface area contributed by atoms with E-state index >= 15 is 0 Å². The molecule has 0 aromatic carbocycles. The Kier molecular flexibility index (Phi) is 2.51. The molecule has 0 N–H and O–H groups in total. The van der Waals surface area contributed by atoms with Gasteiger partial charge in [0.05, 0.1) is 26.7 Å². The van der Waals surface area contributed by atoms with Crippen LogP contribution in [0, 0.1) is 0 Å². The summed E-state index contributed by atoms with van der Waals surface area (Å²) in [6.07, 6.45) is -0.308. The second-order valence-corrected chi connectivity index (χ2v) is 2.90. The van der Waals surface area contributed by atoms with Crippen molar-refractivity contribution in [1.82, 2.24) is 20.2 Å². The second kappa shape index (κ2) is 3.81. The second-order valence-electron chi connectivity index (χ2n) is 2.90. The molecule has 0 atom stereocenters. The zero-order valence-corrected chi connectivity index (χ0v) is 7.71. The topological polar surface area (TPSA) is 79.1 Å². The lowest BCUT2D eigenvalue weighted by atomic mass is 10.2. The normalized spacial score (nSPS) is 17.5. The molecule has 7 nitrogen and oxygen atoms in total. The molecule has 1 aliphatic heterocycles. The maximum Gasteiger partial charge on any atom is 0.240 e. The average Bonchev–Trinajstić information content (AvgIpc) is 2.75. The first kappa shape index (κ1) is 9.22. The summed E-state index contributed by atoms with van der Waals surface area (Å²) in [5, 5.41) is 11.0. The van der Waals surface area contributed by atoms with E-state index < -0.39 is 6.29 Å². The number of aryl methyl sites for hydroxylation is 1. The van der Waals surface area contributed by atoms with Crippen LogP contribution in [0.2, 0.25) is 0 Å². The fraction of sp³-hybridized carbons (Fsp3) is 0.714. The summed E-state index contributed by atoms with van der Waals surface area (Å²) in [5.41, 5.74) is 0. The van der Waals surface area contributed by atoms with Gasteiger partial charge in [0.2, 0.25) is 11.6 Å². The van der Waals surface area contributed by atoms with Crippen molar-refractivity contribution in [2.75, 3.05) is 13.2 Å². The average molecular weight is 198 g/mol. The SMILES string of the molecule is Cn1nnc(C(=O)CC2OCCO2)n1. The van der Waals surface area contributed by atoms with Gasteiger partial charge in [-0.2, -0.15) is 4.80 Å².